The van der Waals surface area contributed by atoms with Crippen molar-refractivity contribution in [2.45, 2.75) is 44.8 Å². The van der Waals surface area contributed by atoms with Crippen LogP contribution in [0, 0.1) is 5.92 Å². The van der Waals surface area contributed by atoms with E-state index in [0.29, 0.717) is 41.4 Å². The highest BCUT2D eigenvalue weighted by molar-refractivity contribution is 6.14. The van der Waals surface area contributed by atoms with Crippen LogP contribution >= 0.6 is 0 Å². The second-order valence-electron chi connectivity index (χ2n) is 9.41. The maximum atomic E-state index is 13.2. The average Bonchev–Trinajstić information content (AvgIpc) is 3.54. The van der Waals surface area contributed by atoms with Gasteiger partial charge in [-0.25, -0.2) is 9.78 Å². The lowest BCUT2D eigenvalue weighted by Crippen LogP contribution is -2.21. The van der Waals surface area contributed by atoms with Gasteiger partial charge in [0.15, 0.2) is 5.69 Å². The highest BCUT2D eigenvalue weighted by Gasteiger charge is 2.29. The molecule has 1 saturated heterocycles. The highest BCUT2D eigenvalue weighted by atomic mass is 16.5. The molecule has 0 unspecified atom stereocenters. The molecule has 2 N–H and O–H groups in total. The first-order valence-electron chi connectivity index (χ1n) is 12.6. The molecule has 188 valence electrons. The number of rotatable bonds is 8. The Labute approximate surface area is 210 Å². The van der Waals surface area contributed by atoms with E-state index in [1.54, 1.807) is 30.5 Å². The second kappa shape index (κ2) is 11.0. The number of aromatic nitrogens is 2. The van der Waals surface area contributed by atoms with E-state index in [0.717, 1.165) is 44.3 Å². The number of pyridine rings is 1. The van der Waals surface area contributed by atoms with Crippen LogP contribution in [0.25, 0.3) is 11.0 Å². The van der Waals surface area contributed by atoms with Crippen LogP contribution < -0.4 is 10.6 Å². The lowest BCUT2D eigenvalue weighted by Gasteiger charge is -2.18. The van der Waals surface area contributed by atoms with Crippen molar-refractivity contribution in [2.75, 3.05) is 30.9 Å². The van der Waals surface area contributed by atoms with Gasteiger partial charge in [0.2, 0.25) is 0 Å². The summed E-state index contributed by atoms with van der Waals surface area (Å²) >= 11 is 0. The normalized spacial score (nSPS) is 19.4. The number of methoxy groups -OCH3 is 1. The van der Waals surface area contributed by atoms with Gasteiger partial charge >= 0.3 is 5.97 Å². The van der Waals surface area contributed by atoms with Gasteiger partial charge in [-0.15, -0.1) is 0 Å². The summed E-state index contributed by atoms with van der Waals surface area (Å²) in [5.41, 5.74) is 2.63. The minimum atomic E-state index is -0.530. The molecule has 2 aromatic heterocycles. The van der Waals surface area contributed by atoms with Crippen molar-refractivity contribution in [3.8, 4) is 0 Å². The largest absolute Gasteiger partial charge is 0.464 e. The monoisotopic (exact) mass is 488 g/mol. The van der Waals surface area contributed by atoms with Crippen molar-refractivity contribution in [1.82, 2.24) is 9.55 Å². The van der Waals surface area contributed by atoms with Crippen molar-refractivity contribution in [1.29, 1.82) is 0 Å². The summed E-state index contributed by atoms with van der Waals surface area (Å²) in [5.74, 6) is -0.264. The van der Waals surface area contributed by atoms with Crippen molar-refractivity contribution in [3.05, 3.63) is 66.0 Å². The van der Waals surface area contributed by atoms with E-state index in [-0.39, 0.29) is 17.7 Å². The zero-order chi connectivity index (χ0) is 24.9. The first-order chi connectivity index (χ1) is 17.6. The molecule has 1 aliphatic carbocycles. The van der Waals surface area contributed by atoms with E-state index in [4.69, 9.17) is 14.5 Å². The molecule has 0 spiro atoms. The molecular weight excluding hydrogens is 456 g/mol. The maximum absolute atomic E-state index is 13.2. The summed E-state index contributed by atoms with van der Waals surface area (Å²) in [5, 5.41) is 7.18. The van der Waals surface area contributed by atoms with Crippen molar-refractivity contribution < 1.29 is 19.1 Å². The van der Waals surface area contributed by atoms with Gasteiger partial charge in [0, 0.05) is 24.1 Å². The van der Waals surface area contributed by atoms with E-state index in [9.17, 15) is 9.59 Å². The molecule has 8 nitrogen and oxygen atoms in total. The summed E-state index contributed by atoms with van der Waals surface area (Å²) in [7, 11) is 1.35. The molecule has 0 radical (unpaired) electrons. The average molecular weight is 489 g/mol. The number of ether oxygens (including phenoxy) is 2. The standard InChI is InChI=1S/C28H32N4O4/c1-35-28(34)25-24(31-27(33)20-11-6-3-7-12-20)23-15-21(29-16-19-9-4-2-5-10-19)17-30-26(23)32(25)18-22-13-8-14-36-22/h2-4,6-7,11-12,15,17,19,22,29H,5,8-10,13-14,16,18H2,1H3,(H,31,33)/t19-,22-/m1/s1. The third-order valence-corrected chi connectivity index (χ3v) is 6.93. The van der Waals surface area contributed by atoms with Crippen LogP contribution in [0.1, 0.15) is 53.0 Å². The van der Waals surface area contributed by atoms with Crippen molar-refractivity contribution >= 4 is 34.3 Å². The number of hydrogen-bond donors (Lipinski definition) is 2. The number of benzene rings is 1. The molecule has 0 saturated carbocycles. The molecule has 2 atom stereocenters. The summed E-state index contributed by atoms with van der Waals surface area (Å²) in [4.78, 5) is 30.9. The van der Waals surface area contributed by atoms with E-state index >= 15 is 0 Å². The fourth-order valence-electron chi connectivity index (χ4n) is 5.01. The first kappa shape index (κ1) is 24.1. The molecule has 5 rings (SSSR count). The number of carbonyl (C=O) groups is 2. The maximum Gasteiger partial charge on any atom is 0.356 e. The summed E-state index contributed by atoms with van der Waals surface area (Å²) < 4.78 is 12.8. The Bertz CT molecular complexity index is 1260. The molecule has 1 aromatic carbocycles. The number of nitrogens with one attached hydrogen (secondary N) is 2. The van der Waals surface area contributed by atoms with Crippen LogP contribution in [0.2, 0.25) is 0 Å². The molecule has 3 aromatic rings. The van der Waals surface area contributed by atoms with Crippen LogP contribution in [-0.2, 0) is 16.0 Å². The molecular formula is C28H32N4O4. The zero-order valence-electron chi connectivity index (χ0n) is 20.5. The van der Waals surface area contributed by atoms with Gasteiger partial charge in [0.05, 0.1) is 37.3 Å². The lowest BCUT2D eigenvalue weighted by atomic mass is 9.94. The summed E-state index contributed by atoms with van der Waals surface area (Å²) in [6, 6.07) is 10.9. The van der Waals surface area contributed by atoms with Gasteiger partial charge in [-0.05, 0) is 56.2 Å². The summed E-state index contributed by atoms with van der Waals surface area (Å²) in [6.45, 7) is 1.99. The smallest absolute Gasteiger partial charge is 0.356 e. The number of hydrogen-bond acceptors (Lipinski definition) is 6. The number of esters is 1. The third-order valence-electron chi connectivity index (χ3n) is 6.93. The minimum Gasteiger partial charge on any atom is -0.464 e. The van der Waals surface area contributed by atoms with Gasteiger partial charge in [-0.3, -0.25) is 4.79 Å². The fraction of sp³-hybridized carbons (Fsp3) is 0.393. The Morgan fingerprint density at radius 3 is 2.78 bits per heavy atom. The molecule has 36 heavy (non-hydrogen) atoms. The van der Waals surface area contributed by atoms with E-state index in [1.165, 1.54) is 7.11 Å². The molecule has 1 aliphatic heterocycles. The lowest BCUT2D eigenvalue weighted by molar-refractivity contribution is 0.0580. The molecule has 3 heterocycles. The minimum absolute atomic E-state index is 0.0272. The van der Waals surface area contributed by atoms with Crippen LogP contribution in [0.5, 0.6) is 0 Å². The Hall–Kier alpha value is -3.65. The Morgan fingerprint density at radius 2 is 2.06 bits per heavy atom. The van der Waals surface area contributed by atoms with Gasteiger partial charge in [0.1, 0.15) is 5.65 Å². The Kier molecular flexibility index (Phi) is 7.32. The molecule has 0 bridgehead atoms. The van der Waals surface area contributed by atoms with E-state index < -0.39 is 5.97 Å². The topological polar surface area (TPSA) is 94.5 Å². The third kappa shape index (κ3) is 5.14. The predicted molar refractivity (Wildman–Crippen MR) is 139 cm³/mol. The van der Waals surface area contributed by atoms with Crippen LogP contribution in [0.3, 0.4) is 0 Å². The van der Waals surface area contributed by atoms with Gasteiger partial charge < -0.3 is 24.7 Å². The van der Waals surface area contributed by atoms with Gasteiger partial charge in [-0.1, -0.05) is 30.4 Å². The van der Waals surface area contributed by atoms with Crippen molar-refractivity contribution in [3.63, 3.8) is 0 Å². The van der Waals surface area contributed by atoms with E-state index in [1.807, 2.05) is 16.7 Å². The number of fused-ring (bicyclic) bond motifs is 1. The molecule has 2 aliphatic rings. The number of anilines is 2. The number of allylic oxidation sites excluding steroid dienone is 2. The zero-order valence-corrected chi connectivity index (χ0v) is 20.5. The fourth-order valence-corrected chi connectivity index (χ4v) is 5.01. The quantitative estimate of drug-likeness (QED) is 0.341. The molecule has 1 fully saturated rings. The van der Waals surface area contributed by atoms with Crippen LogP contribution in [0.15, 0.2) is 54.7 Å². The van der Waals surface area contributed by atoms with E-state index in [2.05, 4.69) is 22.8 Å². The Balaban J connectivity index is 1.55. The number of nitrogens with zero attached hydrogens (tertiary/aromatic N) is 2. The molecule has 1 amide bonds. The summed E-state index contributed by atoms with van der Waals surface area (Å²) in [6.07, 6.45) is 11.4. The van der Waals surface area contributed by atoms with Crippen LogP contribution in [0.4, 0.5) is 11.4 Å². The second-order valence-corrected chi connectivity index (χ2v) is 9.41. The van der Waals surface area contributed by atoms with Crippen LogP contribution in [-0.4, -0.2) is 47.8 Å². The SMILES string of the molecule is COC(=O)c1c(NC(=O)c2ccccc2)c2cc(NC[C@@H]3CC=CCC3)cnc2n1C[C@H]1CCCO1. The molecule has 8 heteroatoms. The first-order valence-corrected chi connectivity index (χ1v) is 12.6. The van der Waals surface area contributed by atoms with Gasteiger partial charge in [-0.2, -0.15) is 0 Å². The Morgan fingerprint density at radius 1 is 1.19 bits per heavy atom. The van der Waals surface area contributed by atoms with Gasteiger partial charge in [0.25, 0.3) is 5.91 Å². The number of amides is 1. The predicted octanol–water partition coefficient (Wildman–Crippen LogP) is 5.02. The van der Waals surface area contributed by atoms with Crippen molar-refractivity contribution in [2.24, 2.45) is 5.92 Å². The number of carbonyl (C=O) groups excluding carboxylic acids is 2. The highest BCUT2D eigenvalue weighted by Crippen LogP contribution is 2.34.